The highest BCUT2D eigenvalue weighted by Gasteiger charge is 2.24. The molecule has 0 unspecified atom stereocenters. The number of esters is 4. The van der Waals surface area contributed by atoms with Crippen LogP contribution in [0.15, 0.2) is 30.3 Å². The number of fused-ring (bicyclic) bond motifs is 1. The molecule has 35 heavy (non-hydrogen) atoms. The highest BCUT2D eigenvalue weighted by molar-refractivity contribution is 6.02. The number of ether oxygens (including phenoxy) is 5. The number of ketones is 1. The molecule has 0 saturated carbocycles. The van der Waals surface area contributed by atoms with Gasteiger partial charge in [0.1, 0.15) is 5.75 Å². The Bertz CT molecular complexity index is 1210. The Labute approximate surface area is 198 Å². The fraction of sp³-hybridized carbons (Fsp3) is 0.217. The van der Waals surface area contributed by atoms with Crippen LogP contribution in [-0.4, -0.2) is 48.8 Å². The molecule has 1 heterocycles. The number of hydrogen-bond donors (Lipinski definition) is 1. The first-order chi connectivity index (χ1) is 16.5. The predicted molar refractivity (Wildman–Crippen MR) is 116 cm³/mol. The molecule has 2 aromatic carbocycles. The summed E-state index contributed by atoms with van der Waals surface area (Å²) in [6, 6.07) is 6.39. The van der Waals surface area contributed by atoms with Crippen LogP contribution in [0.25, 0.3) is 0 Å². The van der Waals surface area contributed by atoms with Crippen molar-refractivity contribution in [3.05, 3.63) is 41.5 Å². The minimum Gasteiger partial charge on any atom is -0.482 e. The first-order valence-corrected chi connectivity index (χ1v) is 10.0. The molecule has 12 heteroatoms. The van der Waals surface area contributed by atoms with E-state index in [4.69, 9.17) is 23.7 Å². The van der Waals surface area contributed by atoms with Gasteiger partial charge in [-0.3, -0.25) is 24.0 Å². The molecule has 3 rings (SSSR count). The zero-order valence-electron chi connectivity index (χ0n) is 18.8. The van der Waals surface area contributed by atoms with Gasteiger partial charge in [0.15, 0.2) is 30.5 Å². The second kappa shape index (κ2) is 10.5. The maximum atomic E-state index is 12.6. The third kappa shape index (κ3) is 6.41. The fourth-order valence-corrected chi connectivity index (χ4v) is 2.95. The van der Waals surface area contributed by atoms with Crippen LogP contribution >= 0.6 is 0 Å². The molecule has 1 amide bonds. The van der Waals surface area contributed by atoms with Crippen molar-refractivity contribution < 1.29 is 52.5 Å². The smallest absolute Gasteiger partial charge is 0.338 e. The standard InChI is InChI=1S/C23H19NO11/c1-11(25)33-19-7-15(8-20(34-12(2)26)22(19)35-13(3)27)23(30)32-9-17(28)14-4-5-18-16(6-14)24-21(29)10-31-18/h4-8H,9-10H2,1-3H3,(H,24,29). The predicted octanol–water partition coefficient (Wildman–Crippen LogP) is 1.83. The summed E-state index contributed by atoms with van der Waals surface area (Å²) in [5.74, 6) is -5.17. The van der Waals surface area contributed by atoms with E-state index in [1.165, 1.54) is 18.2 Å². The van der Waals surface area contributed by atoms with E-state index in [9.17, 15) is 28.8 Å². The zero-order valence-corrected chi connectivity index (χ0v) is 18.8. The summed E-state index contributed by atoms with van der Waals surface area (Å²) in [4.78, 5) is 71.1. The first-order valence-electron chi connectivity index (χ1n) is 10.0. The molecular weight excluding hydrogens is 466 g/mol. The fourth-order valence-electron chi connectivity index (χ4n) is 2.95. The summed E-state index contributed by atoms with van der Waals surface area (Å²) < 4.78 is 25.2. The van der Waals surface area contributed by atoms with E-state index >= 15 is 0 Å². The van der Waals surface area contributed by atoms with E-state index < -0.39 is 42.0 Å². The molecule has 0 bridgehead atoms. The number of carbonyl (C=O) groups is 6. The van der Waals surface area contributed by atoms with Gasteiger partial charge in [0.25, 0.3) is 5.91 Å². The van der Waals surface area contributed by atoms with Crippen LogP contribution in [0.3, 0.4) is 0 Å². The summed E-state index contributed by atoms with van der Waals surface area (Å²) >= 11 is 0. The lowest BCUT2D eigenvalue weighted by atomic mass is 10.1. The molecule has 0 radical (unpaired) electrons. The first kappa shape index (κ1) is 24.9. The van der Waals surface area contributed by atoms with E-state index in [2.05, 4.69) is 5.32 Å². The normalized spacial score (nSPS) is 11.8. The lowest BCUT2D eigenvalue weighted by Crippen LogP contribution is -2.25. The van der Waals surface area contributed by atoms with Crippen LogP contribution < -0.4 is 24.3 Å². The molecule has 0 saturated heterocycles. The molecule has 0 spiro atoms. The number of anilines is 1. The molecule has 1 aliphatic heterocycles. The Morgan fingerprint density at radius 3 is 2.03 bits per heavy atom. The maximum absolute atomic E-state index is 12.6. The van der Waals surface area contributed by atoms with E-state index in [0.29, 0.717) is 11.4 Å². The monoisotopic (exact) mass is 485 g/mol. The van der Waals surface area contributed by atoms with Gasteiger partial charge in [-0.05, 0) is 30.3 Å². The van der Waals surface area contributed by atoms with Crippen molar-refractivity contribution in [3.8, 4) is 23.0 Å². The zero-order chi connectivity index (χ0) is 25.7. The minimum absolute atomic E-state index is 0.140. The van der Waals surface area contributed by atoms with Crippen molar-refractivity contribution in [2.24, 2.45) is 0 Å². The van der Waals surface area contributed by atoms with Crippen LogP contribution in [0.2, 0.25) is 0 Å². The average molecular weight is 485 g/mol. The molecular formula is C23H19NO11. The van der Waals surface area contributed by atoms with Crippen LogP contribution in [0.5, 0.6) is 23.0 Å². The van der Waals surface area contributed by atoms with Crippen LogP contribution in [-0.2, 0) is 23.9 Å². The molecule has 0 aliphatic carbocycles. The number of rotatable bonds is 7. The summed E-state index contributed by atoms with van der Waals surface area (Å²) in [7, 11) is 0. The van der Waals surface area contributed by atoms with Crippen LogP contribution in [0, 0.1) is 0 Å². The number of hydrogen-bond acceptors (Lipinski definition) is 11. The van der Waals surface area contributed by atoms with Crippen LogP contribution in [0.4, 0.5) is 5.69 Å². The lowest BCUT2D eigenvalue weighted by Gasteiger charge is -2.18. The average Bonchev–Trinajstić information content (AvgIpc) is 2.77. The Hall–Kier alpha value is -4.74. The molecule has 0 atom stereocenters. The molecule has 0 fully saturated rings. The van der Waals surface area contributed by atoms with E-state index in [1.807, 2.05) is 0 Å². The van der Waals surface area contributed by atoms with Gasteiger partial charge in [-0.1, -0.05) is 0 Å². The van der Waals surface area contributed by atoms with Gasteiger partial charge in [0, 0.05) is 26.3 Å². The summed E-state index contributed by atoms with van der Waals surface area (Å²) in [5.41, 5.74) is 0.192. The van der Waals surface area contributed by atoms with Gasteiger partial charge < -0.3 is 29.0 Å². The van der Waals surface area contributed by atoms with Gasteiger partial charge in [-0.25, -0.2) is 4.79 Å². The number of nitrogens with one attached hydrogen (secondary N) is 1. The topological polar surface area (TPSA) is 161 Å². The third-order valence-corrected chi connectivity index (χ3v) is 4.28. The Morgan fingerprint density at radius 1 is 0.857 bits per heavy atom. The number of carbonyl (C=O) groups excluding carboxylic acids is 6. The summed E-state index contributed by atoms with van der Waals surface area (Å²) in [5, 5.41) is 2.57. The van der Waals surface area contributed by atoms with Gasteiger partial charge >= 0.3 is 23.9 Å². The van der Waals surface area contributed by atoms with E-state index in [-0.39, 0.29) is 35.1 Å². The SMILES string of the molecule is CC(=O)Oc1cc(C(=O)OCC(=O)c2ccc3c(c2)NC(=O)CO3)cc(OC(C)=O)c1OC(C)=O. The highest BCUT2D eigenvalue weighted by Crippen LogP contribution is 2.39. The second-order valence-electron chi connectivity index (χ2n) is 7.13. The molecule has 1 aliphatic rings. The Morgan fingerprint density at radius 2 is 1.46 bits per heavy atom. The van der Waals surface area contributed by atoms with Gasteiger partial charge in [-0.2, -0.15) is 0 Å². The summed E-state index contributed by atoms with van der Waals surface area (Å²) in [6.45, 7) is 2.39. The van der Waals surface area contributed by atoms with Crippen molar-refractivity contribution in [1.82, 2.24) is 0 Å². The van der Waals surface area contributed by atoms with Gasteiger partial charge in [0.05, 0.1) is 11.3 Å². The third-order valence-electron chi connectivity index (χ3n) is 4.28. The van der Waals surface area contributed by atoms with Gasteiger partial charge in [0.2, 0.25) is 5.75 Å². The number of benzene rings is 2. The van der Waals surface area contributed by atoms with E-state index in [0.717, 1.165) is 32.9 Å². The number of amides is 1. The molecule has 0 aromatic heterocycles. The molecule has 2 aromatic rings. The van der Waals surface area contributed by atoms with Crippen molar-refractivity contribution in [1.29, 1.82) is 0 Å². The molecule has 12 nitrogen and oxygen atoms in total. The van der Waals surface area contributed by atoms with Crippen molar-refractivity contribution in [3.63, 3.8) is 0 Å². The lowest BCUT2D eigenvalue weighted by molar-refractivity contribution is -0.135. The second-order valence-corrected chi connectivity index (χ2v) is 7.13. The van der Waals surface area contributed by atoms with Crippen molar-refractivity contribution >= 4 is 41.3 Å². The van der Waals surface area contributed by atoms with Crippen LogP contribution in [0.1, 0.15) is 41.5 Å². The quantitative estimate of drug-likeness (QED) is 0.346. The Balaban J connectivity index is 1.82. The minimum atomic E-state index is -1.02. The van der Waals surface area contributed by atoms with Crippen molar-refractivity contribution in [2.75, 3.05) is 18.5 Å². The van der Waals surface area contributed by atoms with Crippen molar-refractivity contribution in [2.45, 2.75) is 20.8 Å². The maximum Gasteiger partial charge on any atom is 0.338 e. The largest absolute Gasteiger partial charge is 0.482 e. The van der Waals surface area contributed by atoms with Gasteiger partial charge in [-0.15, -0.1) is 0 Å². The highest BCUT2D eigenvalue weighted by atomic mass is 16.6. The Kier molecular flexibility index (Phi) is 7.44. The summed E-state index contributed by atoms with van der Waals surface area (Å²) in [6.07, 6.45) is 0. The number of Topliss-reactive ketones (excluding diaryl/α,β-unsaturated/α-hetero) is 1. The molecule has 182 valence electrons. The van der Waals surface area contributed by atoms with E-state index in [1.54, 1.807) is 0 Å². The molecule has 1 N–H and O–H groups in total.